The van der Waals surface area contributed by atoms with Crippen molar-refractivity contribution in [3.05, 3.63) is 15.6 Å². The quantitative estimate of drug-likeness (QED) is 0.779. The zero-order valence-electron chi connectivity index (χ0n) is 8.87. The van der Waals surface area contributed by atoms with Crippen LogP contribution in [0.1, 0.15) is 39.3 Å². The second-order valence-electron chi connectivity index (χ2n) is 3.60. The summed E-state index contributed by atoms with van der Waals surface area (Å²) in [6.45, 7) is 2.94. The number of aryl methyl sites for hydroxylation is 1. The third-order valence-electron chi connectivity index (χ3n) is 2.55. The molecule has 5 heteroatoms. The molecule has 0 aromatic carbocycles. The van der Waals surface area contributed by atoms with E-state index < -0.39 is 0 Å². The van der Waals surface area contributed by atoms with Gasteiger partial charge < -0.3 is 10.1 Å². The van der Waals surface area contributed by atoms with E-state index in [2.05, 4.69) is 15.0 Å². The maximum Gasteiger partial charge on any atom is 0.357 e. The number of nitrogens with zero attached hydrogens (tertiary/aromatic N) is 1. The lowest BCUT2D eigenvalue weighted by molar-refractivity contribution is 0.0594. The number of hydrogen-bond acceptors (Lipinski definition) is 5. The van der Waals surface area contributed by atoms with E-state index in [1.54, 1.807) is 11.3 Å². The van der Waals surface area contributed by atoms with Crippen molar-refractivity contribution >= 4 is 17.3 Å². The maximum atomic E-state index is 11.4. The van der Waals surface area contributed by atoms with Crippen LogP contribution in [0.5, 0.6) is 0 Å². The summed E-state index contributed by atoms with van der Waals surface area (Å²) in [4.78, 5) is 16.6. The highest BCUT2D eigenvalue weighted by Gasteiger charge is 2.23. The van der Waals surface area contributed by atoms with Gasteiger partial charge in [-0.2, -0.15) is 0 Å². The van der Waals surface area contributed by atoms with Crippen LogP contribution in [-0.4, -0.2) is 24.6 Å². The monoisotopic (exact) mass is 226 g/mol. The summed E-state index contributed by atoms with van der Waals surface area (Å²) in [5.74, 6) is -0.340. The number of thiazole rings is 1. The first-order valence-corrected chi connectivity index (χ1v) is 5.83. The average molecular weight is 226 g/mol. The van der Waals surface area contributed by atoms with E-state index in [0.29, 0.717) is 11.7 Å². The molecule has 1 N–H and O–H groups in total. The minimum Gasteiger partial charge on any atom is -0.464 e. The lowest BCUT2D eigenvalue weighted by Crippen LogP contribution is -2.13. The van der Waals surface area contributed by atoms with Crippen molar-refractivity contribution in [3.63, 3.8) is 0 Å². The molecule has 0 unspecified atom stereocenters. The van der Waals surface area contributed by atoms with Gasteiger partial charge in [-0.05, 0) is 26.3 Å². The molecule has 1 aromatic heterocycles. The van der Waals surface area contributed by atoms with E-state index in [1.165, 1.54) is 13.5 Å². The molecule has 82 valence electrons. The topological polar surface area (TPSA) is 51.2 Å². The molecule has 1 aliphatic heterocycles. The van der Waals surface area contributed by atoms with E-state index in [4.69, 9.17) is 0 Å². The summed E-state index contributed by atoms with van der Waals surface area (Å²) in [5, 5.41) is 4.37. The zero-order valence-corrected chi connectivity index (χ0v) is 9.69. The van der Waals surface area contributed by atoms with Gasteiger partial charge in [-0.1, -0.05) is 0 Å². The smallest absolute Gasteiger partial charge is 0.357 e. The first-order chi connectivity index (χ1) is 7.22. The molecule has 0 saturated carbocycles. The van der Waals surface area contributed by atoms with E-state index in [-0.39, 0.29) is 5.97 Å². The van der Waals surface area contributed by atoms with Gasteiger partial charge in [-0.25, -0.2) is 9.78 Å². The Labute approximate surface area is 92.7 Å². The SMILES string of the molecule is COC(=O)c1nc([C@@H]2CCCN2)sc1C. The van der Waals surface area contributed by atoms with Crippen LogP contribution >= 0.6 is 11.3 Å². The normalized spacial score (nSPS) is 20.5. The molecule has 4 nitrogen and oxygen atoms in total. The Kier molecular flexibility index (Phi) is 3.02. The largest absolute Gasteiger partial charge is 0.464 e. The molecule has 0 amide bonds. The van der Waals surface area contributed by atoms with Gasteiger partial charge >= 0.3 is 5.97 Å². The van der Waals surface area contributed by atoms with Gasteiger partial charge in [0.15, 0.2) is 5.69 Å². The van der Waals surface area contributed by atoms with Crippen LogP contribution in [0.2, 0.25) is 0 Å². The summed E-state index contributed by atoms with van der Waals surface area (Å²) in [5.41, 5.74) is 0.464. The Morgan fingerprint density at radius 2 is 2.47 bits per heavy atom. The molecule has 1 aromatic rings. The zero-order chi connectivity index (χ0) is 10.8. The van der Waals surface area contributed by atoms with Gasteiger partial charge in [0, 0.05) is 4.88 Å². The van der Waals surface area contributed by atoms with Gasteiger partial charge in [0.1, 0.15) is 5.01 Å². The van der Waals surface area contributed by atoms with Crippen molar-refractivity contribution in [2.24, 2.45) is 0 Å². The predicted molar refractivity (Wildman–Crippen MR) is 58.2 cm³/mol. The Hall–Kier alpha value is -0.940. The van der Waals surface area contributed by atoms with E-state index in [9.17, 15) is 4.79 Å². The summed E-state index contributed by atoms with van der Waals surface area (Å²) in [7, 11) is 1.38. The van der Waals surface area contributed by atoms with Crippen LogP contribution in [0, 0.1) is 6.92 Å². The maximum absolute atomic E-state index is 11.4. The predicted octanol–water partition coefficient (Wildman–Crippen LogP) is 1.66. The van der Waals surface area contributed by atoms with Crippen LogP contribution in [-0.2, 0) is 4.74 Å². The molecule has 1 aliphatic rings. The van der Waals surface area contributed by atoms with E-state index >= 15 is 0 Å². The van der Waals surface area contributed by atoms with Crippen molar-refractivity contribution in [1.29, 1.82) is 0 Å². The number of hydrogen-bond donors (Lipinski definition) is 1. The second kappa shape index (κ2) is 4.28. The summed E-state index contributed by atoms with van der Waals surface area (Å²) < 4.78 is 4.68. The van der Waals surface area contributed by atoms with Gasteiger partial charge in [-0.3, -0.25) is 0 Å². The number of methoxy groups -OCH3 is 1. The Bertz CT molecular complexity index is 369. The third-order valence-corrected chi connectivity index (χ3v) is 3.63. The van der Waals surface area contributed by atoms with Crippen LogP contribution in [0.3, 0.4) is 0 Å². The lowest BCUT2D eigenvalue weighted by Gasteiger charge is -2.04. The fourth-order valence-electron chi connectivity index (χ4n) is 1.75. The first-order valence-electron chi connectivity index (χ1n) is 5.01. The van der Waals surface area contributed by atoms with Crippen LogP contribution < -0.4 is 5.32 Å². The van der Waals surface area contributed by atoms with Crippen LogP contribution in [0.25, 0.3) is 0 Å². The van der Waals surface area contributed by atoms with Gasteiger partial charge in [-0.15, -0.1) is 11.3 Å². The van der Waals surface area contributed by atoms with E-state index in [0.717, 1.165) is 22.9 Å². The highest BCUT2D eigenvalue weighted by atomic mass is 32.1. The number of nitrogens with one attached hydrogen (secondary N) is 1. The van der Waals surface area contributed by atoms with Gasteiger partial charge in [0.25, 0.3) is 0 Å². The molecule has 15 heavy (non-hydrogen) atoms. The molecule has 0 radical (unpaired) electrons. The molecule has 1 fully saturated rings. The molecule has 1 saturated heterocycles. The van der Waals surface area contributed by atoms with E-state index in [1.807, 2.05) is 6.92 Å². The highest BCUT2D eigenvalue weighted by Crippen LogP contribution is 2.28. The van der Waals surface area contributed by atoms with Gasteiger partial charge in [0.05, 0.1) is 13.2 Å². The minimum atomic E-state index is -0.340. The standard InChI is InChI=1S/C10H14N2O2S/c1-6-8(10(13)14-2)12-9(15-6)7-4-3-5-11-7/h7,11H,3-5H2,1-2H3/t7-/m0/s1. The van der Waals surface area contributed by atoms with Crippen LogP contribution in [0.15, 0.2) is 0 Å². The van der Waals surface area contributed by atoms with Crippen molar-refractivity contribution in [3.8, 4) is 0 Å². The molecule has 0 bridgehead atoms. The average Bonchev–Trinajstić information content (AvgIpc) is 2.84. The molecule has 0 spiro atoms. The fourth-order valence-corrected chi connectivity index (χ4v) is 2.77. The van der Waals surface area contributed by atoms with Crippen molar-refractivity contribution in [2.45, 2.75) is 25.8 Å². The summed E-state index contributed by atoms with van der Waals surface area (Å²) in [6, 6.07) is 0.326. The highest BCUT2D eigenvalue weighted by molar-refractivity contribution is 7.11. The molecule has 1 atom stereocenters. The van der Waals surface area contributed by atoms with Crippen LogP contribution in [0.4, 0.5) is 0 Å². The number of carbonyl (C=O) groups excluding carboxylic acids is 1. The number of aromatic nitrogens is 1. The summed E-state index contributed by atoms with van der Waals surface area (Å²) in [6.07, 6.45) is 2.28. The third kappa shape index (κ3) is 2.03. The molecule has 2 heterocycles. The number of carbonyl (C=O) groups is 1. The summed E-state index contributed by atoms with van der Waals surface area (Å²) >= 11 is 1.58. The molecule has 2 rings (SSSR count). The molecule has 0 aliphatic carbocycles. The lowest BCUT2D eigenvalue weighted by atomic mass is 10.2. The van der Waals surface area contributed by atoms with Crippen molar-refractivity contribution < 1.29 is 9.53 Å². The molecular formula is C10H14N2O2S. The minimum absolute atomic E-state index is 0.326. The van der Waals surface area contributed by atoms with Gasteiger partial charge in [0.2, 0.25) is 0 Å². The van der Waals surface area contributed by atoms with Crippen molar-refractivity contribution in [1.82, 2.24) is 10.3 Å². The number of ether oxygens (including phenoxy) is 1. The number of rotatable bonds is 2. The van der Waals surface area contributed by atoms with Crippen molar-refractivity contribution in [2.75, 3.05) is 13.7 Å². The Balaban J connectivity index is 2.23. The Morgan fingerprint density at radius 3 is 3.07 bits per heavy atom. The Morgan fingerprint density at radius 1 is 1.67 bits per heavy atom. The second-order valence-corrected chi connectivity index (χ2v) is 4.83. The fraction of sp³-hybridized carbons (Fsp3) is 0.600. The first kappa shape index (κ1) is 10.6. The molecular weight excluding hydrogens is 212 g/mol. The number of esters is 1.